The Kier molecular flexibility index (Phi) is 5.70. The SMILES string of the molecule is CCc1c(C(C)NCCOCC(F)F)oc2ccccc12. The molecule has 1 heterocycles. The molecule has 5 heteroatoms. The van der Waals surface area contributed by atoms with Crippen LogP contribution in [0.25, 0.3) is 11.0 Å². The number of furan rings is 1. The lowest BCUT2D eigenvalue weighted by Gasteiger charge is -2.13. The van der Waals surface area contributed by atoms with Crippen molar-refractivity contribution in [2.75, 3.05) is 19.8 Å². The van der Waals surface area contributed by atoms with E-state index in [-0.39, 0.29) is 12.6 Å². The highest BCUT2D eigenvalue weighted by atomic mass is 19.3. The first-order valence-electron chi connectivity index (χ1n) is 7.23. The average molecular weight is 297 g/mol. The molecule has 1 aromatic carbocycles. The van der Waals surface area contributed by atoms with E-state index in [0.29, 0.717) is 6.54 Å². The largest absolute Gasteiger partial charge is 0.459 e. The third kappa shape index (κ3) is 4.02. The smallest absolute Gasteiger partial charge is 0.261 e. The highest BCUT2D eigenvalue weighted by Gasteiger charge is 2.17. The van der Waals surface area contributed by atoms with E-state index in [9.17, 15) is 8.78 Å². The van der Waals surface area contributed by atoms with Crippen LogP contribution in [0.4, 0.5) is 8.78 Å². The topological polar surface area (TPSA) is 34.4 Å². The lowest BCUT2D eigenvalue weighted by Crippen LogP contribution is -2.24. The number of hydrogen-bond acceptors (Lipinski definition) is 3. The summed E-state index contributed by atoms with van der Waals surface area (Å²) < 4.78 is 34.7. The summed E-state index contributed by atoms with van der Waals surface area (Å²) >= 11 is 0. The molecular formula is C16H21F2NO2. The maximum Gasteiger partial charge on any atom is 0.261 e. The number of fused-ring (bicyclic) bond motifs is 1. The maximum absolute atomic E-state index is 11.9. The number of hydrogen-bond donors (Lipinski definition) is 1. The van der Waals surface area contributed by atoms with Crippen molar-refractivity contribution in [2.45, 2.75) is 32.7 Å². The number of halogens is 2. The van der Waals surface area contributed by atoms with Crippen LogP contribution < -0.4 is 5.32 Å². The number of ether oxygens (including phenoxy) is 1. The Morgan fingerprint density at radius 2 is 2.05 bits per heavy atom. The van der Waals surface area contributed by atoms with Crippen molar-refractivity contribution in [1.82, 2.24) is 5.32 Å². The van der Waals surface area contributed by atoms with Gasteiger partial charge in [-0.05, 0) is 19.4 Å². The molecule has 0 aliphatic carbocycles. The Morgan fingerprint density at radius 1 is 1.29 bits per heavy atom. The second-order valence-electron chi connectivity index (χ2n) is 4.94. The lowest BCUT2D eigenvalue weighted by molar-refractivity contribution is 0.0182. The van der Waals surface area contributed by atoms with Gasteiger partial charge in [0.2, 0.25) is 0 Å². The Balaban J connectivity index is 1.97. The molecular weight excluding hydrogens is 276 g/mol. The molecule has 1 aromatic heterocycles. The minimum atomic E-state index is -2.41. The average Bonchev–Trinajstić information content (AvgIpc) is 2.85. The van der Waals surface area contributed by atoms with Crippen molar-refractivity contribution < 1.29 is 17.9 Å². The number of benzene rings is 1. The van der Waals surface area contributed by atoms with Gasteiger partial charge in [0.05, 0.1) is 12.6 Å². The molecule has 0 spiro atoms. The number of alkyl halides is 2. The van der Waals surface area contributed by atoms with Crippen LogP contribution in [0.3, 0.4) is 0 Å². The lowest BCUT2D eigenvalue weighted by atomic mass is 10.1. The molecule has 1 N–H and O–H groups in total. The molecule has 0 saturated carbocycles. The zero-order chi connectivity index (χ0) is 15.2. The zero-order valence-electron chi connectivity index (χ0n) is 12.4. The maximum atomic E-state index is 11.9. The van der Waals surface area contributed by atoms with Crippen LogP contribution in [0, 0.1) is 0 Å². The molecule has 0 saturated heterocycles. The van der Waals surface area contributed by atoms with Crippen molar-refractivity contribution in [3.05, 3.63) is 35.6 Å². The van der Waals surface area contributed by atoms with Gasteiger partial charge < -0.3 is 14.5 Å². The molecule has 0 bridgehead atoms. The van der Waals surface area contributed by atoms with Gasteiger partial charge in [-0.15, -0.1) is 0 Å². The number of aryl methyl sites for hydroxylation is 1. The minimum absolute atomic E-state index is 0.0162. The highest BCUT2D eigenvalue weighted by molar-refractivity contribution is 5.82. The summed E-state index contributed by atoms with van der Waals surface area (Å²) in [5.41, 5.74) is 2.08. The van der Waals surface area contributed by atoms with E-state index < -0.39 is 13.0 Å². The molecule has 0 amide bonds. The summed E-state index contributed by atoms with van der Waals surface area (Å²) in [5, 5.41) is 4.38. The Morgan fingerprint density at radius 3 is 2.76 bits per heavy atom. The van der Waals surface area contributed by atoms with Gasteiger partial charge in [0.1, 0.15) is 18.0 Å². The Bertz CT molecular complexity index is 568. The van der Waals surface area contributed by atoms with Crippen molar-refractivity contribution in [3.63, 3.8) is 0 Å². The van der Waals surface area contributed by atoms with Crippen LogP contribution in [0.15, 0.2) is 28.7 Å². The molecule has 1 unspecified atom stereocenters. The van der Waals surface area contributed by atoms with Crippen LogP contribution in [0.5, 0.6) is 0 Å². The van der Waals surface area contributed by atoms with Gasteiger partial charge in [-0.1, -0.05) is 25.1 Å². The van der Waals surface area contributed by atoms with E-state index in [2.05, 4.69) is 18.3 Å². The first-order valence-corrected chi connectivity index (χ1v) is 7.23. The van der Waals surface area contributed by atoms with Crippen LogP contribution in [-0.4, -0.2) is 26.2 Å². The molecule has 21 heavy (non-hydrogen) atoms. The molecule has 1 atom stereocenters. The van der Waals surface area contributed by atoms with Crippen LogP contribution in [-0.2, 0) is 11.2 Å². The predicted molar refractivity (Wildman–Crippen MR) is 78.8 cm³/mol. The third-order valence-corrected chi connectivity index (χ3v) is 3.42. The molecule has 0 fully saturated rings. The molecule has 3 nitrogen and oxygen atoms in total. The van der Waals surface area contributed by atoms with Crippen molar-refractivity contribution >= 4 is 11.0 Å². The molecule has 0 aliphatic heterocycles. The minimum Gasteiger partial charge on any atom is -0.459 e. The van der Waals surface area contributed by atoms with Crippen molar-refractivity contribution in [3.8, 4) is 0 Å². The third-order valence-electron chi connectivity index (χ3n) is 3.42. The van der Waals surface area contributed by atoms with Crippen molar-refractivity contribution in [1.29, 1.82) is 0 Å². The molecule has 0 radical (unpaired) electrons. The van der Waals surface area contributed by atoms with Gasteiger partial charge in [-0.3, -0.25) is 0 Å². The van der Waals surface area contributed by atoms with Crippen LogP contribution >= 0.6 is 0 Å². The van der Waals surface area contributed by atoms with E-state index in [1.54, 1.807) is 0 Å². The summed E-state index contributed by atoms with van der Waals surface area (Å²) in [4.78, 5) is 0. The fourth-order valence-electron chi connectivity index (χ4n) is 2.44. The van der Waals surface area contributed by atoms with Crippen molar-refractivity contribution in [2.24, 2.45) is 0 Å². The summed E-state index contributed by atoms with van der Waals surface area (Å²) in [7, 11) is 0. The summed E-state index contributed by atoms with van der Waals surface area (Å²) in [6.07, 6.45) is -1.52. The standard InChI is InChI=1S/C16H21F2NO2/c1-3-12-13-6-4-5-7-14(13)21-16(12)11(2)19-8-9-20-10-15(17)18/h4-7,11,15,19H,3,8-10H2,1-2H3. The number of nitrogens with one attached hydrogen (secondary N) is 1. The van der Waals surface area contributed by atoms with Crippen LogP contribution in [0.2, 0.25) is 0 Å². The van der Waals surface area contributed by atoms with E-state index in [1.165, 1.54) is 5.56 Å². The second-order valence-corrected chi connectivity index (χ2v) is 4.94. The first-order chi connectivity index (χ1) is 10.1. The fraction of sp³-hybridized carbons (Fsp3) is 0.500. The molecule has 116 valence electrons. The number of rotatable bonds is 8. The molecule has 2 aromatic rings. The van der Waals surface area contributed by atoms with Gasteiger partial charge in [-0.2, -0.15) is 0 Å². The van der Waals surface area contributed by atoms with Gasteiger partial charge >= 0.3 is 0 Å². The van der Waals surface area contributed by atoms with Gasteiger partial charge in [0, 0.05) is 17.5 Å². The quantitative estimate of drug-likeness (QED) is 0.750. The van der Waals surface area contributed by atoms with E-state index in [1.807, 2.05) is 25.1 Å². The molecule has 0 aliphatic rings. The van der Waals surface area contributed by atoms with Gasteiger partial charge in [0.25, 0.3) is 6.43 Å². The van der Waals surface area contributed by atoms with Gasteiger partial charge in [0.15, 0.2) is 0 Å². The summed E-state index contributed by atoms with van der Waals surface area (Å²) in [6.45, 7) is 4.36. The summed E-state index contributed by atoms with van der Waals surface area (Å²) in [5.74, 6) is 0.910. The van der Waals surface area contributed by atoms with Gasteiger partial charge in [-0.25, -0.2) is 8.78 Å². The normalized spacial score (nSPS) is 13.2. The molecule has 2 rings (SSSR count). The fourth-order valence-corrected chi connectivity index (χ4v) is 2.44. The summed E-state index contributed by atoms with van der Waals surface area (Å²) in [6, 6.07) is 7.97. The zero-order valence-corrected chi connectivity index (χ0v) is 12.4. The van der Waals surface area contributed by atoms with Crippen LogP contribution in [0.1, 0.15) is 31.2 Å². The number of para-hydroxylation sites is 1. The second kappa shape index (κ2) is 7.52. The predicted octanol–water partition coefficient (Wildman–Crippen LogP) is 3.93. The first kappa shape index (κ1) is 15.9. The highest BCUT2D eigenvalue weighted by Crippen LogP contribution is 2.30. The van der Waals surface area contributed by atoms with E-state index in [0.717, 1.165) is 23.2 Å². The Labute approximate surface area is 123 Å². The monoisotopic (exact) mass is 297 g/mol. The van der Waals surface area contributed by atoms with E-state index in [4.69, 9.17) is 9.15 Å². The Hall–Kier alpha value is -1.46. The van der Waals surface area contributed by atoms with E-state index >= 15 is 0 Å².